The molecule has 0 saturated carbocycles. The highest BCUT2D eigenvalue weighted by molar-refractivity contribution is 5.68. The number of hydrogen-bond acceptors (Lipinski definition) is 4. The SMILES string of the molecule is COc1cccc(N(C)c2cc(C#N)ccc2C(C)O)c1. The van der Waals surface area contributed by atoms with Gasteiger partial charge in [0.1, 0.15) is 5.75 Å². The molecule has 0 aliphatic heterocycles. The van der Waals surface area contributed by atoms with Gasteiger partial charge in [-0.3, -0.25) is 0 Å². The zero-order valence-corrected chi connectivity index (χ0v) is 12.4. The summed E-state index contributed by atoms with van der Waals surface area (Å²) >= 11 is 0. The molecule has 2 aromatic rings. The summed E-state index contributed by atoms with van der Waals surface area (Å²) < 4.78 is 5.24. The van der Waals surface area contributed by atoms with Gasteiger partial charge in [-0.05, 0) is 31.2 Å². The molecule has 0 aliphatic carbocycles. The maximum absolute atomic E-state index is 9.93. The molecule has 0 saturated heterocycles. The summed E-state index contributed by atoms with van der Waals surface area (Å²) in [4.78, 5) is 1.94. The van der Waals surface area contributed by atoms with E-state index in [9.17, 15) is 5.11 Å². The summed E-state index contributed by atoms with van der Waals surface area (Å²) in [6.45, 7) is 1.71. The van der Waals surface area contributed by atoms with E-state index in [4.69, 9.17) is 10.00 Å². The summed E-state index contributed by atoms with van der Waals surface area (Å²) in [6, 6.07) is 15.0. The first-order valence-corrected chi connectivity index (χ1v) is 6.66. The van der Waals surface area contributed by atoms with E-state index in [0.29, 0.717) is 5.56 Å². The zero-order chi connectivity index (χ0) is 15.4. The lowest BCUT2D eigenvalue weighted by Gasteiger charge is -2.24. The quantitative estimate of drug-likeness (QED) is 0.934. The van der Waals surface area contributed by atoms with E-state index in [1.165, 1.54) is 0 Å². The van der Waals surface area contributed by atoms with Crippen LogP contribution in [0, 0.1) is 11.3 Å². The molecule has 108 valence electrons. The van der Waals surface area contributed by atoms with Crippen LogP contribution in [0.2, 0.25) is 0 Å². The Morgan fingerprint density at radius 3 is 2.62 bits per heavy atom. The maximum atomic E-state index is 9.93. The molecule has 0 spiro atoms. The van der Waals surface area contributed by atoms with E-state index in [1.807, 2.05) is 36.2 Å². The van der Waals surface area contributed by atoms with E-state index >= 15 is 0 Å². The second-order valence-corrected chi connectivity index (χ2v) is 4.82. The third kappa shape index (κ3) is 3.15. The molecule has 1 atom stereocenters. The van der Waals surface area contributed by atoms with Crippen molar-refractivity contribution >= 4 is 11.4 Å². The number of rotatable bonds is 4. The standard InChI is InChI=1S/C17H18N2O2/c1-12(20)16-8-7-13(11-18)9-17(16)19(2)14-5-4-6-15(10-14)21-3/h4-10,12,20H,1-3H3. The monoisotopic (exact) mass is 282 g/mol. The van der Waals surface area contributed by atoms with E-state index in [1.54, 1.807) is 32.2 Å². The first kappa shape index (κ1) is 14.9. The minimum Gasteiger partial charge on any atom is -0.497 e. The summed E-state index contributed by atoms with van der Waals surface area (Å²) in [7, 11) is 3.52. The van der Waals surface area contributed by atoms with Crippen LogP contribution in [-0.2, 0) is 0 Å². The Hall–Kier alpha value is -2.51. The van der Waals surface area contributed by atoms with Gasteiger partial charge in [-0.1, -0.05) is 12.1 Å². The predicted molar refractivity (Wildman–Crippen MR) is 82.8 cm³/mol. The predicted octanol–water partition coefficient (Wildman–Crippen LogP) is 3.39. The number of aliphatic hydroxyl groups excluding tert-OH is 1. The lowest BCUT2D eigenvalue weighted by atomic mass is 10.0. The van der Waals surface area contributed by atoms with Crippen molar-refractivity contribution < 1.29 is 9.84 Å². The molecule has 0 aromatic heterocycles. The molecular formula is C17H18N2O2. The number of methoxy groups -OCH3 is 1. The molecule has 1 unspecified atom stereocenters. The number of aliphatic hydroxyl groups is 1. The Morgan fingerprint density at radius 2 is 2.00 bits per heavy atom. The Balaban J connectivity index is 2.50. The van der Waals surface area contributed by atoms with Gasteiger partial charge in [0.25, 0.3) is 0 Å². The van der Waals surface area contributed by atoms with Crippen molar-refractivity contribution in [3.05, 3.63) is 53.6 Å². The molecule has 0 amide bonds. The number of hydrogen-bond donors (Lipinski definition) is 1. The van der Waals surface area contributed by atoms with E-state index < -0.39 is 6.10 Å². The van der Waals surface area contributed by atoms with Gasteiger partial charge >= 0.3 is 0 Å². The van der Waals surface area contributed by atoms with Crippen LogP contribution in [0.1, 0.15) is 24.2 Å². The summed E-state index contributed by atoms with van der Waals surface area (Å²) in [5.74, 6) is 0.759. The molecule has 4 nitrogen and oxygen atoms in total. The first-order valence-electron chi connectivity index (χ1n) is 6.66. The molecule has 4 heteroatoms. The molecular weight excluding hydrogens is 264 g/mol. The molecule has 0 fully saturated rings. The third-order valence-electron chi connectivity index (χ3n) is 3.41. The highest BCUT2D eigenvalue weighted by Gasteiger charge is 2.14. The zero-order valence-electron chi connectivity index (χ0n) is 12.4. The fraction of sp³-hybridized carbons (Fsp3) is 0.235. The summed E-state index contributed by atoms with van der Waals surface area (Å²) in [5, 5.41) is 19.0. The van der Waals surface area contributed by atoms with Gasteiger partial charge in [-0.25, -0.2) is 0 Å². The smallest absolute Gasteiger partial charge is 0.120 e. The van der Waals surface area contributed by atoms with E-state index in [-0.39, 0.29) is 0 Å². The molecule has 21 heavy (non-hydrogen) atoms. The van der Waals surface area contributed by atoms with Crippen molar-refractivity contribution in [2.24, 2.45) is 0 Å². The summed E-state index contributed by atoms with van der Waals surface area (Å²) in [5.41, 5.74) is 3.06. The molecule has 0 heterocycles. The molecule has 1 N–H and O–H groups in total. The molecule has 2 rings (SSSR count). The number of nitriles is 1. The lowest BCUT2D eigenvalue weighted by Crippen LogP contribution is -2.13. The highest BCUT2D eigenvalue weighted by Crippen LogP contribution is 2.33. The van der Waals surface area contributed by atoms with Crippen LogP contribution in [-0.4, -0.2) is 19.3 Å². The second-order valence-electron chi connectivity index (χ2n) is 4.82. The van der Waals surface area contributed by atoms with Crippen LogP contribution in [0.4, 0.5) is 11.4 Å². The van der Waals surface area contributed by atoms with Crippen LogP contribution in [0.25, 0.3) is 0 Å². The minimum atomic E-state index is -0.610. The summed E-state index contributed by atoms with van der Waals surface area (Å²) in [6.07, 6.45) is -0.610. The average Bonchev–Trinajstić information content (AvgIpc) is 2.53. The highest BCUT2D eigenvalue weighted by atomic mass is 16.5. The fourth-order valence-electron chi connectivity index (χ4n) is 2.22. The van der Waals surface area contributed by atoms with Crippen LogP contribution in [0.5, 0.6) is 5.75 Å². The van der Waals surface area contributed by atoms with Crippen molar-refractivity contribution in [1.82, 2.24) is 0 Å². The third-order valence-corrected chi connectivity index (χ3v) is 3.41. The number of ether oxygens (including phenoxy) is 1. The Labute approximate surface area is 124 Å². The number of nitrogens with zero attached hydrogens (tertiary/aromatic N) is 2. The van der Waals surface area contributed by atoms with Crippen LogP contribution >= 0.6 is 0 Å². The largest absolute Gasteiger partial charge is 0.497 e. The van der Waals surface area contributed by atoms with Crippen molar-refractivity contribution in [1.29, 1.82) is 5.26 Å². The first-order chi connectivity index (χ1) is 10.1. The van der Waals surface area contributed by atoms with E-state index in [0.717, 1.165) is 22.7 Å². The molecule has 0 radical (unpaired) electrons. The number of benzene rings is 2. The van der Waals surface area contributed by atoms with Crippen molar-refractivity contribution in [2.45, 2.75) is 13.0 Å². The van der Waals surface area contributed by atoms with Crippen LogP contribution in [0.3, 0.4) is 0 Å². The van der Waals surface area contributed by atoms with Gasteiger partial charge < -0.3 is 14.7 Å². The Bertz CT molecular complexity index is 675. The Morgan fingerprint density at radius 1 is 1.24 bits per heavy atom. The molecule has 2 aromatic carbocycles. The van der Waals surface area contributed by atoms with Crippen molar-refractivity contribution in [3.63, 3.8) is 0 Å². The van der Waals surface area contributed by atoms with Gasteiger partial charge in [0.2, 0.25) is 0 Å². The average molecular weight is 282 g/mol. The van der Waals surface area contributed by atoms with Gasteiger partial charge in [0.15, 0.2) is 0 Å². The Kier molecular flexibility index (Phi) is 4.46. The van der Waals surface area contributed by atoms with Gasteiger partial charge in [0.05, 0.1) is 24.8 Å². The van der Waals surface area contributed by atoms with Gasteiger partial charge in [0, 0.05) is 30.1 Å². The fourth-order valence-corrected chi connectivity index (χ4v) is 2.22. The second kappa shape index (κ2) is 6.29. The molecule has 0 aliphatic rings. The maximum Gasteiger partial charge on any atom is 0.120 e. The molecule has 0 bridgehead atoms. The van der Waals surface area contributed by atoms with Crippen LogP contribution < -0.4 is 9.64 Å². The van der Waals surface area contributed by atoms with Gasteiger partial charge in [-0.2, -0.15) is 5.26 Å². The normalized spacial score (nSPS) is 11.6. The van der Waals surface area contributed by atoms with E-state index in [2.05, 4.69) is 6.07 Å². The van der Waals surface area contributed by atoms with Crippen LogP contribution in [0.15, 0.2) is 42.5 Å². The number of anilines is 2. The minimum absolute atomic E-state index is 0.559. The lowest BCUT2D eigenvalue weighted by molar-refractivity contribution is 0.200. The van der Waals surface area contributed by atoms with Gasteiger partial charge in [-0.15, -0.1) is 0 Å². The van der Waals surface area contributed by atoms with Crippen molar-refractivity contribution in [3.8, 4) is 11.8 Å². The topological polar surface area (TPSA) is 56.5 Å². The van der Waals surface area contributed by atoms with Crippen molar-refractivity contribution in [2.75, 3.05) is 19.1 Å².